The molecule has 0 radical (unpaired) electrons. The molecular weight excluding hydrogens is 455 g/mol. The van der Waals surface area contributed by atoms with Crippen LogP contribution in [-0.4, -0.2) is 15.6 Å². The van der Waals surface area contributed by atoms with E-state index in [-0.39, 0.29) is 18.1 Å². The molecule has 0 fully saturated rings. The number of hydrogen-bond acceptors (Lipinski definition) is 3. The zero-order chi connectivity index (χ0) is 24.8. The number of hydrogen-bond donors (Lipinski definition) is 0. The van der Waals surface area contributed by atoms with Crippen LogP contribution in [0.15, 0.2) is 89.7 Å². The average Bonchev–Trinajstić information content (AvgIpc) is 3.34. The van der Waals surface area contributed by atoms with E-state index < -0.39 is 5.82 Å². The van der Waals surface area contributed by atoms with E-state index in [0.29, 0.717) is 29.4 Å². The van der Waals surface area contributed by atoms with Crippen molar-refractivity contribution in [3.63, 3.8) is 0 Å². The molecule has 1 aromatic heterocycles. The first-order chi connectivity index (χ1) is 17.5. The van der Waals surface area contributed by atoms with Crippen molar-refractivity contribution in [3.8, 4) is 11.1 Å². The lowest BCUT2D eigenvalue weighted by molar-refractivity contribution is 0.0955. The van der Waals surface area contributed by atoms with E-state index in [0.717, 1.165) is 33.3 Å². The number of carbonyl (C=O) groups excluding carboxylic acids is 1. The number of benzene rings is 4. The molecule has 178 valence electrons. The fraction of sp³-hybridized carbons (Fsp3) is 0.133. The first-order valence-electron chi connectivity index (χ1n) is 11.8. The van der Waals surface area contributed by atoms with Gasteiger partial charge in [0, 0.05) is 30.9 Å². The number of ether oxygens (including phenoxy) is 1. The Bertz CT molecular complexity index is 1710. The van der Waals surface area contributed by atoms with Crippen molar-refractivity contribution in [2.24, 2.45) is 7.05 Å². The second-order valence-corrected chi connectivity index (χ2v) is 9.16. The van der Waals surface area contributed by atoms with Gasteiger partial charge in [0.15, 0.2) is 5.43 Å². The summed E-state index contributed by atoms with van der Waals surface area (Å²) in [6.45, 7) is 1.24. The number of aromatic nitrogens is 1. The van der Waals surface area contributed by atoms with Crippen molar-refractivity contribution >= 4 is 27.9 Å². The molecule has 6 heteroatoms. The highest BCUT2D eigenvalue weighted by Crippen LogP contribution is 2.31. The summed E-state index contributed by atoms with van der Waals surface area (Å²) >= 11 is 0. The molecule has 1 aliphatic heterocycles. The van der Waals surface area contributed by atoms with Crippen LogP contribution in [0.25, 0.3) is 32.9 Å². The molecule has 2 heterocycles. The van der Waals surface area contributed by atoms with Gasteiger partial charge in [0.1, 0.15) is 12.4 Å². The van der Waals surface area contributed by atoms with Gasteiger partial charge < -0.3 is 9.30 Å². The normalized spacial score (nSPS) is 12.8. The van der Waals surface area contributed by atoms with Crippen LogP contribution in [0.4, 0.5) is 9.18 Å². The summed E-state index contributed by atoms with van der Waals surface area (Å²) in [7, 11) is 1.88. The van der Waals surface area contributed by atoms with Crippen molar-refractivity contribution in [2.45, 2.75) is 19.7 Å². The number of nitrogens with zero attached hydrogens (tertiary/aromatic N) is 2. The maximum Gasteiger partial charge on any atom is 0.410 e. The lowest BCUT2D eigenvalue weighted by atomic mass is 9.99. The van der Waals surface area contributed by atoms with E-state index >= 15 is 0 Å². The van der Waals surface area contributed by atoms with Crippen LogP contribution in [0, 0.1) is 5.82 Å². The molecule has 0 saturated heterocycles. The largest absolute Gasteiger partial charge is 0.445 e. The van der Waals surface area contributed by atoms with Gasteiger partial charge in [-0.25, -0.2) is 9.18 Å². The molecule has 0 unspecified atom stereocenters. The Balaban J connectivity index is 1.28. The summed E-state index contributed by atoms with van der Waals surface area (Å²) in [6.07, 6.45) is -0.333. The Morgan fingerprint density at radius 1 is 0.833 bits per heavy atom. The minimum absolute atomic E-state index is 0.178. The number of fused-ring (bicyclic) bond motifs is 3. The molecule has 0 saturated carbocycles. The number of pyridine rings is 1. The minimum atomic E-state index is -0.424. The summed E-state index contributed by atoms with van der Waals surface area (Å²) in [5.74, 6) is -0.424. The first kappa shape index (κ1) is 22.0. The molecule has 1 aliphatic rings. The fourth-order valence-electron chi connectivity index (χ4n) is 4.95. The van der Waals surface area contributed by atoms with Gasteiger partial charge in [0.2, 0.25) is 0 Å². The van der Waals surface area contributed by atoms with Crippen LogP contribution >= 0.6 is 0 Å². The average molecular weight is 479 g/mol. The van der Waals surface area contributed by atoms with Gasteiger partial charge in [-0.05, 0) is 64.2 Å². The van der Waals surface area contributed by atoms with Gasteiger partial charge in [0.05, 0.1) is 11.0 Å². The highest BCUT2D eigenvalue weighted by molar-refractivity contribution is 5.95. The SMILES string of the molecule is Cn1c2ccc(F)cc2c(=O)c2ccc(-c3ccc4c(c3)CN(C(=O)OCc3ccccc3)C4)cc21. The van der Waals surface area contributed by atoms with Gasteiger partial charge in [-0.3, -0.25) is 9.69 Å². The van der Waals surface area contributed by atoms with E-state index in [4.69, 9.17) is 4.74 Å². The summed E-state index contributed by atoms with van der Waals surface area (Å²) < 4.78 is 21.2. The molecule has 1 amide bonds. The van der Waals surface area contributed by atoms with E-state index in [1.54, 1.807) is 17.0 Å². The highest BCUT2D eigenvalue weighted by Gasteiger charge is 2.25. The maximum absolute atomic E-state index is 13.8. The standard InChI is InChI=1S/C30H23FN2O3/c1-32-27-12-10-24(31)15-26(27)29(34)25-11-9-21(14-28(25)32)20-7-8-22-16-33(17-23(22)13-20)30(35)36-18-19-5-3-2-4-6-19/h2-15H,16-18H2,1H3. The third-order valence-corrected chi connectivity index (χ3v) is 6.89. The lowest BCUT2D eigenvalue weighted by Gasteiger charge is -2.15. The molecule has 0 atom stereocenters. The number of carbonyl (C=O) groups is 1. The predicted octanol–water partition coefficient (Wildman–Crippen LogP) is 6.15. The lowest BCUT2D eigenvalue weighted by Crippen LogP contribution is -2.25. The van der Waals surface area contributed by atoms with Crippen molar-refractivity contribution in [3.05, 3.63) is 118 Å². The third kappa shape index (κ3) is 3.81. The Morgan fingerprint density at radius 3 is 2.42 bits per heavy atom. The van der Waals surface area contributed by atoms with Crippen LogP contribution in [0.1, 0.15) is 16.7 Å². The predicted molar refractivity (Wildman–Crippen MR) is 138 cm³/mol. The molecule has 5 nitrogen and oxygen atoms in total. The molecule has 0 bridgehead atoms. The summed E-state index contributed by atoms with van der Waals surface area (Å²) in [6, 6.07) is 25.8. The molecule has 0 aliphatic carbocycles. The number of aryl methyl sites for hydroxylation is 1. The molecule has 0 N–H and O–H groups in total. The molecular formula is C30H23FN2O3. The van der Waals surface area contributed by atoms with Crippen LogP contribution in [0.3, 0.4) is 0 Å². The van der Waals surface area contributed by atoms with Crippen LogP contribution < -0.4 is 5.43 Å². The van der Waals surface area contributed by atoms with Crippen molar-refractivity contribution in [1.82, 2.24) is 9.47 Å². The Morgan fingerprint density at radius 2 is 1.58 bits per heavy atom. The number of halogens is 1. The monoisotopic (exact) mass is 478 g/mol. The molecule has 36 heavy (non-hydrogen) atoms. The summed E-state index contributed by atoms with van der Waals surface area (Å²) in [5, 5.41) is 0.919. The number of amides is 1. The second-order valence-electron chi connectivity index (χ2n) is 9.16. The molecule has 0 spiro atoms. The quantitative estimate of drug-likeness (QED) is 0.292. The first-order valence-corrected chi connectivity index (χ1v) is 11.8. The van der Waals surface area contributed by atoms with E-state index in [2.05, 4.69) is 6.07 Å². The van der Waals surface area contributed by atoms with Crippen molar-refractivity contribution < 1.29 is 13.9 Å². The highest BCUT2D eigenvalue weighted by atomic mass is 19.1. The van der Waals surface area contributed by atoms with Gasteiger partial charge in [-0.15, -0.1) is 0 Å². The Labute approximate surface area is 207 Å². The Hall–Kier alpha value is -4.45. The van der Waals surface area contributed by atoms with Crippen molar-refractivity contribution in [2.75, 3.05) is 0 Å². The van der Waals surface area contributed by atoms with Gasteiger partial charge in [-0.1, -0.05) is 48.5 Å². The van der Waals surface area contributed by atoms with Crippen LogP contribution in [-0.2, 0) is 31.5 Å². The summed E-state index contributed by atoms with van der Waals surface area (Å²) in [4.78, 5) is 27.3. The zero-order valence-corrected chi connectivity index (χ0v) is 19.7. The maximum atomic E-state index is 13.8. The van der Waals surface area contributed by atoms with Crippen LogP contribution in [0.5, 0.6) is 0 Å². The third-order valence-electron chi connectivity index (χ3n) is 6.89. The zero-order valence-electron chi connectivity index (χ0n) is 19.7. The summed E-state index contributed by atoms with van der Waals surface area (Å²) in [5.41, 5.74) is 6.38. The van der Waals surface area contributed by atoms with Crippen LogP contribution in [0.2, 0.25) is 0 Å². The van der Waals surface area contributed by atoms with E-state index in [9.17, 15) is 14.0 Å². The van der Waals surface area contributed by atoms with Gasteiger partial charge in [0.25, 0.3) is 0 Å². The molecule has 6 rings (SSSR count). The number of rotatable bonds is 3. The topological polar surface area (TPSA) is 51.5 Å². The van der Waals surface area contributed by atoms with Gasteiger partial charge >= 0.3 is 6.09 Å². The van der Waals surface area contributed by atoms with Crippen molar-refractivity contribution in [1.29, 1.82) is 0 Å². The smallest absolute Gasteiger partial charge is 0.410 e. The van der Waals surface area contributed by atoms with E-state index in [1.165, 1.54) is 12.1 Å². The molecule has 5 aromatic rings. The molecule has 4 aromatic carbocycles. The van der Waals surface area contributed by atoms with Gasteiger partial charge in [-0.2, -0.15) is 0 Å². The fourth-order valence-corrected chi connectivity index (χ4v) is 4.95. The Kier molecular flexibility index (Phi) is 5.29. The second kappa shape index (κ2) is 8.64. The minimum Gasteiger partial charge on any atom is -0.445 e. The van der Waals surface area contributed by atoms with E-state index in [1.807, 2.05) is 66.2 Å².